The van der Waals surface area contributed by atoms with E-state index in [0.717, 1.165) is 6.04 Å². The number of allylic oxidation sites excluding steroid dienone is 1. The van der Waals surface area contributed by atoms with Crippen LogP contribution >= 0.6 is 0 Å². The van der Waals surface area contributed by atoms with Crippen LogP contribution in [-0.4, -0.2) is 24.0 Å². The van der Waals surface area contributed by atoms with E-state index in [9.17, 15) is 0 Å². The van der Waals surface area contributed by atoms with Crippen LogP contribution in [0.5, 0.6) is 0 Å². The van der Waals surface area contributed by atoms with Gasteiger partial charge in [0.15, 0.2) is 0 Å². The second-order valence-corrected chi connectivity index (χ2v) is 5.75. The van der Waals surface area contributed by atoms with Crippen LogP contribution in [0, 0.1) is 0 Å². The van der Waals surface area contributed by atoms with Gasteiger partial charge in [-0.15, -0.1) is 0 Å². The maximum atomic E-state index is 2.70. The van der Waals surface area contributed by atoms with Gasteiger partial charge in [-0.05, 0) is 39.3 Å². The molecule has 0 radical (unpaired) electrons. The van der Waals surface area contributed by atoms with Gasteiger partial charge < -0.3 is 0 Å². The van der Waals surface area contributed by atoms with Crippen LogP contribution in [0.4, 0.5) is 0 Å². The molecule has 1 saturated heterocycles. The number of likely N-dealkylation sites (tertiary alicyclic amines) is 1. The SMILES string of the molecule is C/C=C/C(CCCCCCCC)N1CCCCC1. The normalized spacial score (nSPS) is 19.4. The molecule has 1 fully saturated rings. The summed E-state index contributed by atoms with van der Waals surface area (Å²) in [6, 6.07) is 0.724. The Hall–Kier alpha value is -0.300. The van der Waals surface area contributed by atoms with Gasteiger partial charge in [0, 0.05) is 6.04 Å². The molecule has 0 saturated carbocycles. The highest BCUT2D eigenvalue weighted by Gasteiger charge is 2.17. The Morgan fingerprint density at radius 1 is 0.944 bits per heavy atom. The number of hydrogen-bond acceptors (Lipinski definition) is 1. The summed E-state index contributed by atoms with van der Waals surface area (Å²) in [5, 5.41) is 0. The molecule has 1 aliphatic rings. The van der Waals surface area contributed by atoms with Gasteiger partial charge in [0.05, 0.1) is 0 Å². The highest BCUT2D eigenvalue weighted by atomic mass is 15.2. The molecule has 1 heterocycles. The number of unbranched alkanes of at least 4 members (excludes halogenated alkanes) is 5. The van der Waals surface area contributed by atoms with Crippen molar-refractivity contribution < 1.29 is 0 Å². The van der Waals surface area contributed by atoms with E-state index in [4.69, 9.17) is 0 Å². The average molecular weight is 251 g/mol. The van der Waals surface area contributed by atoms with E-state index in [2.05, 4.69) is 30.9 Å². The molecular formula is C17H33N. The predicted octanol–water partition coefficient (Wildman–Crippen LogP) is 5.17. The first-order valence-electron chi connectivity index (χ1n) is 8.25. The van der Waals surface area contributed by atoms with Gasteiger partial charge in [0.25, 0.3) is 0 Å². The summed E-state index contributed by atoms with van der Waals surface area (Å²) in [4.78, 5) is 2.70. The van der Waals surface area contributed by atoms with E-state index < -0.39 is 0 Å². The van der Waals surface area contributed by atoms with Crippen molar-refractivity contribution in [1.29, 1.82) is 0 Å². The Balaban J connectivity index is 2.16. The number of piperidine rings is 1. The van der Waals surface area contributed by atoms with Crippen LogP contribution in [0.1, 0.15) is 78.1 Å². The molecule has 0 N–H and O–H groups in total. The number of rotatable bonds is 9. The first-order valence-corrected chi connectivity index (χ1v) is 8.25. The third-order valence-electron chi connectivity index (χ3n) is 4.13. The minimum absolute atomic E-state index is 0.724. The second-order valence-electron chi connectivity index (χ2n) is 5.75. The lowest BCUT2D eigenvalue weighted by atomic mass is 10.0. The fraction of sp³-hybridized carbons (Fsp3) is 0.882. The van der Waals surface area contributed by atoms with Crippen molar-refractivity contribution >= 4 is 0 Å². The fourth-order valence-electron chi connectivity index (χ4n) is 3.01. The zero-order valence-electron chi connectivity index (χ0n) is 12.7. The largest absolute Gasteiger partial charge is 0.297 e. The molecule has 0 amide bonds. The van der Waals surface area contributed by atoms with Gasteiger partial charge in [-0.25, -0.2) is 0 Å². The molecule has 0 aromatic rings. The molecule has 1 nitrogen and oxygen atoms in total. The summed E-state index contributed by atoms with van der Waals surface area (Å²) < 4.78 is 0. The molecule has 106 valence electrons. The summed E-state index contributed by atoms with van der Waals surface area (Å²) >= 11 is 0. The molecule has 0 aliphatic carbocycles. The molecule has 1 atom stereocenters. The van der Waals surface area contributed by atoms with Crippen LogP contribution in [-0.2, 0) is 0 Å². The first kappa shape index (κ1) is 15.8. The summed E-state index contributed by atoms with van der Waals surface area (Å²) in [7, 11) is 0. The predicted molar refractivity (Wildman–Crippen MR) is 82.0 cm³/mol. The van der Waals surface area contributed by atoms with E-state index in [1.165, 1.54) is 77.3 Å². The molecular weight excluding hydrogens is 218 g/mol. The number of nitrogens with zero attached hydrogens (tertiary/aromatic N) is 1. The van der Waals surface area contributed by atoms with Crippen LogP contribution in [0.25, 0.3) is 0 Å². The van der Waals surface area contributed by atoms with Crippen LogP contribution < -0.4 is 0 Å². The van der Waals surface area contributed by atoms with E-state index in [-0.39, 0.29) is 0 Å². The Morgan fingerprint density at radius 2 is 1.61 bits per heavy atom. The van der Waals surface area contributed by atoms with E-state index in [1.54, 1.807) is 0 Å². The van der Waals surface area contributed by atoms with Crippen molar-refractivity contribution in [2.24, 2.45) is 0 Å². The molecule has 0 aromatic carbocycles. The van der Waals surface area contributed by atoms with Gasteiger partial charge in [0.1, 0.15) is 0 Å². The minimum atomic E-state index is 0.724. The Kier molecular flexibility index (Phi) is 9.28. The van der Waals surface area contributed by atoms with Crippen LogP contribution in [0.3, 0.4) is 0 Å². The molecule has 1 unspecified atom stereocenters. The van der Waals surface area contributed by atoms with Gasteiger partial charge in [-0.3, -0.25) is 4.90 Å². The van der Waals surface area contributed by atoms with Gasteiger partial charge >= 0.3 is 0 Å². The lowest BCUT2D eigenvalue weighted by Crippen LogP contribution is -2.38. The summed E-state index contributed by atoms with van der Waals surface area (Å²) in [5.41, 5.74) is 0. The third-order valence-corrected chi connectivity index (χ3v) is 4.13. The molecule has 0 bridgehead atoms. The molecule has 1 aliphatic heterocycles. The Labute approximate surface area is 115 Å². The lowest BCUT2D eigenvalue weighted by Gasteiger charge is -2.33. The van der Waals surface area contributed by atoms with Crippen molar-refractivity contribution in [2.75, 3.05) is 13.1 Å². The van der Waals surface area contributed by atoms with Crippen molar-refractivity contribution in [2.45, 2.75) is 84.1 Å². The lowest BCUT2D eigenvalue weighted by molar-refractivity contribution is 0.181. The van der Waals surface area contributed by atoms with E-state index >= 15 is 0 Å². The molecule has 0 spiro atoms. The zero-order chi connectivity index (χ0) is 13.1. The van der Waals surface area contributed by atoms with E-state index in [1.807, 2.05) is 0 Å². The van der Waals surface area contributed by atoms with Gasteiger partial charge in [-0.2, -0.15) is 0 Å². The zero-order valence-corrected chi connectivity index (χ0v) is 12.7. The summed E-state index contributed by atoms with van der Waals surface area (Å²) in [5.74, 6) is 0. The molecule has 1 heteroatoms. The Morgan fingerprint density at radius 3 is 2.28 bits per heavy atom. The van der Waals surface area contributed by atoms with Crippen molar-refractivity contribution in [1.82, 2.24) is 4.90 Å². The molecule has 18 heavy (non-hydrogen) atoms. The van der Waals surface area contributed by atoms with Gasteiger partial charge in [0.2, 0.25) is 0 Å². The van der Waals surface area contributed by atoms with Crippen LogP contribution in [0.2, 0.25) is 0 Å². The average Bonchev–Trinajstić information content (AvgIpc) is 2.42. The molecule has 0 aromatic heterocycles. The first-order chi connectivity index (χ1) is 8.88. The number of hydrogen-bond donors (Lipinski definition) is 0. The smallest absolute Gasteiger partial charge is 0.0278 e. The standard InChI is InChI=1S/C17H33N/c1-3-5-6-7-8-10-14-17(13-4-2)18-15-11-9-12-16-18/h4,13,17H,3,5-12,14-16H2,1-2H3/b13-4+. The quantitative estimate of drug-likeness (QED) is 0.404. The maximum Gasteiger partial charge on any atom is 0.0278 e. The summed E-state index contributed by atoms with van der Waals surface area (Å²) in [6.45, 7) is 7.10. The third kappa shape index (κ3) is 6.58. The van der Waals surface area contributed by atoms with Crippen molar-refractivity contribution in [3.05, 3.63) is 12.2 Å². The van der Waals surface area contributed by atoms with Crippen molar-refractivity contribution in [3.8, 4) is 0 Å². The maximum absolute atomic E-state index is 2.70. The highest BCUT2D eigenvalue weighted by molar-refractivity contribution is 4.93. The van der Waals surface area contributed by atoms with E-state index in [0.29, 0.717) is 0 Å². The van der Waals surface area contributed by atoms with Crippen molar-refractivity contribution in [3.63, 3.8) is 0 Å². The summed E-state index contributed by atoms with van der Waals surface area (Å²) in [6.07, 6.45) is 18.8. The highest BCUT2D eigenvalue weighted by Crippen LogP contribution is 2.18. The minimum Gasteiger partial charge on any atom is -0.297 e. The molecule has 1 rings (SSSR count). The van der Waals surface area contributed by atoms with Crippen LogP contribution in [0.15, 0.2) is 12.2 Å². The van der Waals surface area contributed by atoms with Gasteiger partial charge in [-0.1, -0.05) is 64.0 Å². The Bertz CT molecular complexity index is 204. The second kappa shape index (κ2) is 10.6. The monoisotopic (exact) mass is 251 g/mol. The topological polar surface area (TPSA) is 3.24 Å². The fourth-order valence-corrected chi connectivity index (χ4v) is 3.01.